The molecular formula is C18H20BrClN4O2. The Kier molecular flexibility index (Phi) is 6.32. The molecule has 1 aliphatic carbocycles. The Bertz CT molecular complexity index is 802. The zero-order valence-corrected chi connectivity index (χ0v) is 16.5. The highest BCUT2D eigenvalue weighted by Gasteiger charge is 2.20. The van der Waals surface area contributed by atoms with Crippen molar-refractivity contribution in [1.29, 1.82) is 0 Å². The van der Waals surface area contributed by atoms with Crippen molar-refractivity contribution in [1.82, 2.24) is 15.5 Å². The van der Waals surface area contributed by atoms with Crippen LogP contribution in [0.25, 0.3) is 0 Å². The fraction of sp³-hybridized carbons (Fsp3) is 0.389. The van der Waals surface area contributed by atoms with Gasteiger partial charge in [0.05, 0.1) is 15.1 Å². The molecule has 1 saturated carbocycles. The Hall–Kier alpha value is -1.86. The number of hydrogen-bond acceptors (Lipinski definition) is 3. The topological polar surface area (TPSA) is 86.9 Å². The smallest absolute Gasteiger partial charge is 0.270 e. The summed E-state index contributed by atoms with van der Waals surface area (Å²) in [6.45, 7) is 0.635. The summed E-state index contributed by atoms with van der Waals surface area (Å²) in [6, 6.07) is 6.73. The van der Waals surface area contributed by atoms with Gasteiger partial charge in [-0.2, -0.15) is 5.10 Å². The molecule has 0 aliphatic heterocycles. The monoisotopic (exact) mass is 438 g/mol. The minimum absolute atomic E-state index is 0.246. The first-order valence-corrected chi connectivity index (χ1v) is 9.81. The molecule has 0 bridgehead atoms. The average Bonchev–Trinajstić information content (AvgIpc) is 3.26. The third-order valence-electron chi connectivity index (χ3n) is 4.60. The van der Waals surface area contributed by atoms with Gasteiger partial charge in [-0.15, -0.1) is 0 Å². The standard InChI is InChI=1S/C18H20BrClN4O2/c19-14-15(18(26)21-10-9-11-5-1-2-6-11)23-24-16(14)22-17(25)12-7-3-4-8-13(12)20/h3-4,7-8,11H,1-2,5-6,9-10H2,(H,21,26)(H2,22,23,24,25). The summed E-state index contributed by atoms with van der Waals surface area (Å²) in [5, 5.41) is 12.6. The predicted octanol–water partition coefficient (Wildman–Crippen LogP) is 4.39. The Balaban J connectivity index is 1.59. The molecule has 8 heteroatoms. The van der Waals surface area contributed by atoms with Gasteiger partial charge in [0.2, 0.25) is 0 Å². The maximum atomic E-state index is 12.3. The van der Waals surface area contributed by atoms with Crippen LogP contribution in [0.15, 0.2) is 28.7 Å². The molecule has 1 aromatic heterocycles. The lowest BCUT2D eigenvalue weighted by atomic mass is 10.0. The molecule has 1 aromatic carbocycles. The molecular weight excluding hydrogens is 420 g/mol. The van der Waals surface area contributed by atoms with Crippen molar-refractivity contribution < 1.29 is 9.59 Å². The molecule has 1 heterocycles. The summed E-state index contributed by atoms with van der Waals surface area (Å²) in [4.78, 5) is 24.6. The lowest BCUT2D eigenvalue weighted by Crippen LogP contribution is -2.26. The summed E-state index contributed by atoms with van der Waals surface area (Å²) >= 11 is 9.35. The zero-order chi connectivity index (χ0) is 18.5. The molecule has 3 N–H and O–H groups in total. The molecule has 0 atom stereocenters. The highest BCUT2D eigenvalue weighted by molar-refractivity contribution is 9.10. The summed E-state index contributed by atoms with van der Waals surface area (Å²) in [6.07, 6.45) is 6.08. The van der Waals surface area contributed by atoms with Crippen molar-refractivity contribution in [3.63, 3.8) is 0 Å². The summed E-state index contributed by atoms with van der Waals surface area (Å²) in [5.74, 6) is 0.318. The van der Waals surface area contributed by atoms with E-state index < -0.39 is 5.91 Å². The van der Waals surface area contributed by atoms with E-state index in [0.29, 0.717) is 27.5 Å². The predicted molar refractivity (Wildman–Crippen MR) is 105 cm³/mol. The van der Waals surface area contributed by atoms with Crippen molar-refractivity contribution in [2.45, 2.75) is 32.1 Å². The first kappa shape index (κ1) is 18.9. The first-order valence-electron chi connectivity index (χ1n) is 8.64. The van der Waals surface area contributed by atoms with Crippen LogP contribution in [-0.2, 0) is 0 Å². The Morgan fingerprint density at radius 2 is 1.96 bits per heavy atom. The van der Waals surface area contributed by atoms with Crippen LogP contribution in [0.2, 0.25) is 5.02 Å². The van der Waals surface area contributed by atoms with Gasteiger partial charge in [-0.25, -0.2) is 0 Å². The number of anilines is 1. The van der Waals surface area contributed by atoms with Crippen molar-refractivity contribution in [3.05, 3.63) is 45.0 Å². The molecule has 3 rings (SSSR count). The van der Waals surface area contributed by atoms with E-state index in [2.05, 4.69) is 36.8 Å². The number of carbonyl (C=O) groups is 2. The number of nitrogens with one attached hydrogen (secondary N) is 3. The maximum absolute atomic E-state index is 12.3. The van der Waals surface area contributed by atoms with Gasteiger partial charge in [0.15, 0.2) is 5.82 Å². The van der Waals surface area contributed by atoms with Crippen LogP contribution in [-0.4, -0.2) is 28.6 Å². The van der Waals surface area contributed by atoms with Crippen molar-refractivity contribution >= 4 is 45.2 Å². The van der Waals surface area contributed by atoms with Gasteiger partial charge in [0, 0.05) is 6.54 Å². The number of H-pyrrole nitrogens is 1. The molecule has 0 spiro atoms. The molecule has 6 nitrogen and oxygen atoms in total. The summed E-state index contributed by atoms with van der Waals surface area (Å²) in [5.41, 5.74) is 0.623. The largest absolute Gasteiger partial charge is 0.351 e. The van der Waals surface area contributed by atoms with Gasteiger partial charge < -0.3 is 10.6 Å². The van der Waals surface area contributed by atoms with Gasteiger partial charge in [0.1, 0.15) is 5.69 Å². The van der Waals surface area contributed by atoms with Crippen LogP contribution >= 0.6 is 27.5 Å². The van der Waals surface area contributed by atoms with E-state index in [-0.39, 0.29) is 17.4 Å². The second kappa shape index (κ2) is 8.68. The number of benzene rings is 1. The Morgan fingerprint density at radius 1 is 1.23 bits per heavy atom. The third-order valence-corrected chi connectivity index (χ3v) is 5.70. The SMILES string of the molecule is O=C(Nc1n[nH]c(C(=O)NCCC2CCCC2)c1Br)c1ccccc1Cl. The number of amides is 2. The van der Waals surface area contributed by atoms with Gasteiger partial charge in [-0.1, -0.05) is 49.4 Å². The Morgan fingerprint density at radius 3 is 2.69 bits per heavy atom. The van der Waals surface area contributed by atoms with Crippen LogP contribution < -0.4 is 10.6 Å². The van der Waals surface area contributed by atoms with Crippen LogP contribution in [0.3, 0.4) is 0 Å². The van der Waals surface area contributed by atoms with Crippen molar-refractivity contribution in [2.24, 2.45) is 5.92 Å². The third kappa shape index (κ3) is 4.45. The quantitative estimate of drug-likeness (QED) is 0.624. The van der Waals surface area contributed by atoms with Gasteiger partial charge in [-0.05, 0) is 40.4 Å². The fourth-order valence-corrected chi connectivity index (χ4v) is 3.84. The van der Waals surface area contributed by atoms with Gasteiger partial charge >= 0.3 is 0 Å². The molecule has 1 fully saturated rings. The highest BCUT2D eigenvalue weighted by atomic mass is 79.9. The number of carbonyl (C=O) groups excluding carboxylic acids is 2. The minimum Gasteiger partial charge on any atom is -0.351 e. The molecule has 2 aromatic rings. The van der Waals surface area contributed by atoms with Crippen LogP contribution in [0.1, 0.15) is 53.0 Å². The van der Waals surface area contributed by atoms with E-state index >= 15 is 0 Å². The van der Waals surface area contributed by atoms with Crippen molar-refractivity contribution in [3.8, 4) is 0 Å². The normalized spacial score (nSPS) is 14.4. The summed E-state index contributed by atoms with van der Waals surface area (Å²) in [7, 11) is 0. The van der Waals surface area contributed by atoms with E-state index in [1.54, 1.807) is 24.3 Å². The van der Waals surface area contributed by atoms with E-state index in [1.165, 1.54) is 25.7 Å². The number of nitrogens with zero attached hydrogens (tertiary/aromatic N) is 1. The van der Waals surface area contributed by atoms with E-state index in [4.69, 9.17) is 11.6 Å². The van der Waals surface area contributed by atoms with Crippen LogP contribution in [0.4, 0.5) is 5.82 Å². The lowest BCUT2D eigenvalue weighted by molar-refractivity contribution is 0.0944. The first-order chi connectivity index (χ1) is 12.6. The van der Waals surface area contributed by atoms with E-state index in [1.807, 2.05) is 0 Å². The van der Waals surface area contributed by atoms with Crippen LogP contribution in [0.5, 0.6) is 0 Å². The average molecular weight is 440 g/mol. The lowest BCUT2D eigenvalue weighted by Gasteiger charge is -2.09. The number of aromatic amines is 1. The Labute approximate surface area is 165 Å². The number of rotatable bonds is 6. The highest BCUT2D eigenvalue weighted by Crippen LogP contribution is 2.27. The molecule has 26 heavy (non-hydrogen) atoms. The second-order valence-electron chi connectivity index (χ2n) is 6.39. The minimum atomic E-state index is -0.393. The van der Waals surface area contributed by atoms with Gasteiger partial charge in [0.25, 0.3) is 11.8 Å². The number of halogens is 2. The fourth-order valence-electron chi connectivity index (χ4n) is 3.16. The molecule has 0 unspecified atom stereocenters. The number of hydrogen-bond donors (Lipinski definition) is 3. The summed E-state index contributed by atoms with van der Waals surface area (Å²) < 4.78 is 0.413. The van der Waals surface area contributed by atoms with E-state index in [0.717, 1.165) is 6.42 Å². The van der Waals surface area contributed by atoms with Crippen LogP contribution in [0, 0.1) is 5.92 Å². The van der Waals surface area contributed by atoms with Gasteiger partial charge in [-0.3, -0.25) is 14.7 Å². The number of aromatic nitrogens is 2. The molecule has 0 radical (unpaired) electrons. The second-order valence-corrected chi connectivity index (χ2v) is 7.59. The molecule has 0 saturated heterocycles. The molecule has 2 amide bonds. The molecule has 138 valence electrons. The maximum Gasteiger partial charge on any atom is 0.270 e. The zero-order valence-electron chi connectivity index (χ0n) is 14.1. The van der Waals surface area contributed by atoms with E-state index in [9.17, 15) is 9.59 Å². The molecule has 1 aliphatic rings. The van der Waals surface area contributed by atoms with Crippen molar-refractivity contribution in [2.75, 3.05) is 11.9 Å².